The predicted octanol–water partition coefficient (Wildman–Crippen LogP) is 3.78. The van der Waals surface area contributed by atoms with Gasteiger partial charge in [0.1, 0.15) is 5.75 Å². The number of nitrogens with one attached hydrogen (secondary N) is 2. The molecule has 0 unspecified atom stereocenters. The van der Waals surface area contributed by atoms with Crippen LogP contribution in [0.3, 0.4) is 0 Å². The maximum absolute atomic E-state index is 12.3. The largest absolute Gasteiger partial charge is 0.507 e. The lowest BCUT2D eigenvalue weighted by atomic mass is 10.1. The van der Waals surface area contributed by atoms with E-state index in [1.54, 1.807) is 0 Å². The molecule has 0 saturated heterocycles. The zero-order valence-corrected chi connectivity index (χ0v) is 13.6. The summed E-state index contributed by atoms with van der Waals surface area (Å²) in [5, 5.41) is 24.7. The number of anilines is 2. The van der Waals surface area contributed by atoms with Crippen LogP contribution in [0.5, 0.6) is 11.5 Å². The van der Waals surface area contributed by atoms with Crippen molar-refractivity contribution in [3.63, 3.8) is 0 Å². The fourth-order valence-corrected chi connectivity index (χ4v) is 2.33. The molecule has 0 heterocycles. The highest BCUT2D eigenvalue weighted by Gasteiger charge is 2.16. The van der Waals surface area contributed by atoms with Crippen molar-refractivity contribution in [2.75, 3.05) is 10.6 Å². The van der Waals surface area contributed by atoms with Crippen LogP contribution in [-0.2, 0) is 4.79 Å². The Balaban J connectivity index is 2.31. The highest BCUT2D eigenvalue weighted by Crippen LogP contribution is 2.35. The molecule has 0 aliphatic carbocycles. The van der Waals surface area contributed by atoms with Gasteiger partial charge in [-0.1, -0.05) is 29.8 Å². The van der Waals surface area contributed by atoms with Gasteiger partial charge in [0.25, 0.3) is 5.91 Å². The highest BCUT2D eigenvalue weighted by atomic mass is 35.5. The lowest BCUT2D eigenvalue weighted by molar-refractivity contribution is -0.111. The van der Waals surface area contributed by atoms with E-state index in [1.807, 2.05) is 0 Å². The number of phenolic OH excluding ortho intramolecular Hbond substituents is 2. The maximum atomic E-state index is 12.3. The Morgan fingerprint density at radius 3 is 2.46 bits per heavy atom. The van der Waals surface area contributed by atoms with Gasteiger partial charge in [0.05, 0.1) is 16.3 Å². The maximum Gasteiger partial charge on any atom is 0.259 e. The number of phenols is 2. The minimum absolute atomic E-state index is 0.0163. The van der Waals surface area contributed by atoms with Gasteiger partial charge in [0.15, 0.2) is 5.75 Å². The summed E-state index contributed by atoms with van der Waals surface area (Å²) in [7, 11) is 0. The molecule has 6 nitrogen and oxygen atoms in total. The Hall–Kier alpha value is -2.70. The summed E-state index contributed by atoms with van der Waals surface area (Å²) >= 11 is 11.6. The van der Waals surface area contributed by atoms with Gasteiger partial charge in [-0.05, 0) is 36.4 Å². The van der Waals surface area contributed by atoms with Crippen LogP contribution >= 0.6 is 23.2 Å². The monoisotopic (exact) mass is 366 g/mol. The van der Waals surface area contributed by atoms with Crippen LogP contribution in [0.15, 0.2) is 43.0 Å². The number of rotatable bonds is 4. The van der Waals surface area contributed by atoms with Crippen molar-refractivity contribution >= 4 is 46.4 Å². The Kier molecular flexibility index (Phi) is 5.33. The fourth-order valence-electron chi connectivity index (χ4n) is 1.84. The first kappa shape index (κ1) is 17.7. The molecule has 0 atom stereocenters. The Bertz CT molecular complexity index is 837. The molecule has 0 saturated carbocycles. The van der Waals surface area contributed by atoms with Crippen molar-refractivity contribution in [1.29, 1.82) is 0 Å². The first-order valence-electron chi connectivity index (χ1n) is 6.57. The van der Waals surface area contributed by atoms with Crippen molar-refractivity contribution in [2.24, 2.45) is 0 Å². The minimum Gasteiger partial charge on any atom is -0.507 e. The molecular weight excluding hydrogens is 355 g/mol. The van der Waals surface area contributed by atoms with E-state index < -0.39 is 11.8 Å². The number of halogens is 2. The van der Waals surface area contributed by atoms with Crippen LogP contribution in [-0.4, -0.2) is 22.0 Å². The molecule has 2 aromatic rings. The van der Waals surface area contributed by atoms with Crippen LogP contribution in [0, 0.1) is 0 Å². The second-order valence-electron chi connectivity index (χ2n) is 4.66. The number of aromatic hydroxyl groups is 2. The third-order valence-corrected chi connectivity index (χ3v) is 3.48. The quantitative estimate of drug-likeness (QED) is 0.376. The molecular formula is C16H12Cl2N2O4. The van der Waals surface area contributed by atoms with Gasteiger partial charge in [-0.25, -0.2) is 0 Å². The summed E-state index contributed by atoms with van der Waals surface area (Å²) < 4.78 is 0. The summed E-state index contributed by atoms with van der Waals surface area (Å²) in [6, 6.07) is 6.56. The van der Waals surface area contributed by atoms with Crippen LogP contribution in [0.25, 0.3) is 0 Å². The molecule has 2 amide bonds. The number of hydrogen-bond donors (Lipinski definition) is 4. The average Bonchev–Trinajstić information content (AvgIpc) is 2.53. The lowest BCUT2D eigenvalue weighted by Crippen LogP contribution is -2.14. The van der Waals surface area contributed by atoms with E-state index in [0.717, 1.165) is 6.08 Å². The van der Waals surface area contributed by atoms with E-state index in [-0.39, 0.29) is 38.5 Å². The molecule has 0 aliphatic rings. The number of benzene rings is 2. The van der Waals surface area contributed by atoms with E-state index in [9.17, 15) is 19.8 Å². The molecule has 0 radical (unpaired) electrons. The molecule has 2 rings (SSSR count). The standard InChI is InChI=1S/C16H12Cl2N2O4/c1-2-14(22)19-9-3-4-13(21)10(7-9)16(24)20-12-6-8(17)5-11(18)15(12)23/h2-7,21,23H,1H2,(H,19,22)(H,20,24). The highest BCUT2D eigenvalue weighted by molar-refractivity contribution is 6.36. The van der Waals surface area contributed by atoms with Crippen molar-refractivity contribution in [1.82, 2.24) is 0 Å². The van der Waals surface area contributed by atoms with Crippen LogP contribution in [0.1, 0.15) is 10.4 Å². The summed E-state index contributed by atoms with van der Waals surface area (Å²) in [6.45, 7) is 3.32. The first-order valence-corrected chi connectivity index (χ1v) is 7.33. The number of hydrogen-bond acceptors (Lipinski definition) is 4. The van der Waals surface area contributed by atoms with Gasteiger partial charge in [-0.3, -0.25) is 9.59 Å². The van der Waals surface area contributed by atoms with Crippen LogP contribution < -0.4 is 10.6 Å². The van der Waals surface area contributed by atoms with Crippen molar-refractivity contribution in [3.8, 4) is 11.5 Å². The van der Waals surface area contributed by atoms with Gasteiger partial charge in [-0.2, -0.15) is 0 Å². The molecule has 0 bridgehead atoms. The second-order valence-corrected chi connectivity index (χ2v) is 5.51. The smallest absolute Gasteiger partial charge is 0.259 e. The molecule has 0 aromatic heterocycles. The summed E-state index contributed by atoms with van der Waals surface area (Å²) in [6.07, 6.45) is 1.07. The zero-order valence-electron chi connectivity index (χ0n) is 12.1. The van der Waals surface area contributed by atoms with E-state index >= 15 is 0 Å². The average molecular weight is 367 g/mol. The molecule has 24 heavy (non-hydrogen) atoms. The normalized spacial score (nSPS) is 10.1. The fraction of sp³-hybridized carbons (Fsp3) is 0. The summed E-state index contributed by atoms with van der Waals surface area (Å²) in [5.41, 5.74) is 0.154. The van der Waals surface area contributed by atoms with Crippen LogP contribution in [0.2, 0.25) is 10.0 Å². The van der Waals surface area contributed by atoms with Crippen molar-refractivity contribution < 1.29 is 19.8 Å². The van der Waals surface area contributed by atoms with Crippen LogP contribution in [0.4, 0.5) is 11.4 Å². The summed E-state index contributed by atoms with van der Waals surface area (Å²) in [4.78, 5) is 23.6. The first-order chi connectivity index (χ1) is 11.3. The van der Waals surface area contributed by atoms with Gasteiger partial charge in [0, 0.05) is 10.7 Å². The Labute approximate surface area is 147 Å². The molecule has 0 spiro atoms. The molecule has 0 fully saturated rings. The van der Waals surface area contributed by atoms with Gasteiger partial charge >= 0.3 is 0 Å². The third kappa shape index (κ3) is 3.98. The number of carbonyl (C=O) groups excluding carboxylic acids is 2. The van der Waals surface area contributed by atoms with Crippen molar-refractivity contribution in [2.45, 2.75) is 0 Å². The van der Waals surface area contributed by atoms with Gasteiger partial charge in [-0.15, -0.1) is 0 Å². The Morgan fingerprint density at radius 1 is 1.08 bits per heavy atom. The molecule has 124 valence electrons. The Morgan fingerprint density at radius 2 is 1.79 bits per heavy atom. The number of amides is 2. The molecule has 4 N–H and O–H groups in total. The van der Waals surface area contributed by atoms with Gasteiger partial charge in [0.2, 0.25) is 5.91 Å². The molecule has 8 heteroatoms. The lowest BCUT2D eigenvalue weighted by Gasteiger charge is -2.11. The molecule has 2 aromatic carbocycles. The van der Waals surface area contributed by atoms with Crippen molar-refractivity contribution in [3.05, 3.63) is 58.6 Å². The van der Waals surface area contributed by atoms with E-state index in [2.05, 4.69) is 17.2 Å². The van der Waals surface area contributed by atoms with E-state index in [4.69, 9.17) is 23.2 Å². The zero-order chi connectivity index (χ0) is 17.9. The van der Waals surface area contributed by atoms with E-state index in [1.165, 1.54) is 30.3 Å². The predicted molar refractivity (Wildman–Crippen MR) is 93.0 cm³/mol. The molecule has 0 aliphatic heterocycles. The van der Waals surface area contributed by atoms with E-state index in [0.29, 0.717) is 0 Å². The third-order valence-electron chi connectivity index (χ3n) is 2.97. The number of carbonyl (C=O) groups is 2. The topological polar surface area (TPSA) is 98.7 Å². The minimum atomic E-state index is -0.726. The summed E-state index contributed by atoms with van der Waals surface area (Å²) in [5.74, 6) is -1.86. The second kappa shape index (κ2) is 7.25. The van der Waals surface area contributed by atoms with Gasteiger partial charge < -0.3 is 20.8 Å². The SMILES string of the molecule is C=CC(=O)Nc1ccc(O)c(C(=O)Nc2cc(Cl)cc(Cl)c2O)c1.